The van der Waals surface area contributed by atoms with E-state index in [1.807, 2.05) is 60.7 Å². The summed E-state index contributed by atoms with van der Waals surface area (Å²) in [4.78, 5) is 30.6. The first-order valence-electron chi connectivity index (χ1n) is 8.38. The van der Waals surface area contributed by atoms with Crippen LogP contribution in [0.4, 0.5) is 17.2 Å². The second-order valence-electron chi connectivity index (χ2n) is 5.66. The van der Waals surface area contributed by atoms with Gasteiger partial charge in [-0.1, -0.05) is 42.5 Å². The van der Waals surface area contributed by atoms with Crippen molar-refractivity contribution in [3.8, 4) is 0 Å². The zero-order valence-corrected chi connectivity index (χ0v) is 14.2. The lowest BCUT2D eigenvalue weighted by Crippen LogP contribution is -2.27. The molecule has 1 heterocycles. The van der Waals surface area contributed by atoms with Crippen LogP contribution >= 0.6 is 0 Å². The summed E-state index contributed by atoms with van der Waals surface area (Å²) in [6.07, 6.45) is 1.79. The van der Waals surface area contributed by atoms with E-state index in [0.717, 1.165) is 11.4 Å². The van der Waals surface area contributed by atoms with Gasteiger partial charge in [-0.25, -0.2) is 4.98 Å². The number of nitrogens with one attached hydrogen (secondary N) is 1. The van der Waals surface area contributed by atoms with Gasteiger partial charge < -0.3 is 5.32 Å². The monoisotopic (exact) mass is 345 g/mol. The van der Waals surface area contributed by atoms with Gasteiger partial charge in [-0.15, -0.1) is 0 Å². The number of aromatic nitrogens is 1. The fourth-order valence-corrected chi connectivity index (χ4v) is 2.57. The number of rotatable bonds is 6. The highest BCUT2D eigenvalue weighted by atomic mass is 16.2. The molecular weight excluding hydrogens is 326 g/mol. The molecule has 2 aromatic carbocycles. The van der Waals surface area contributed by atoms with E-state index < -0.39 is 0 Å². The Hall–Kier alpha value is -3.47. The first-order chi connectivity index (χ1) is 12.7. The number of benzene rings is 2. The van der Waals surface area contributed by atoms with Crippen LogP contribution in [-0.2, 0) is 9.59 Å². The summed E-state index contributed by atoms with van der Waals surface area (Å²) in [7, 11) is 0. The average Bonchev–Trinajstić information content (AvgIpc) is 2.69. The van der Waals surface area contributed by atoms with Gasteiger partial charge in [-0.2, -0.15) is 0 Å². The van der Waals surface area contributed by atoms with Crippen LogP contribution in [-0.4, -0.2) is 16.8 Å². The van der Waals surface area contributed by atoms with Crippen molar-refractivity contribution in [1.29, 1.82) is 0 Å². The molecule has 1 N–H and O–H groups in total. The Morgan fingerprint density at radius 1 is 0.769 bits per heavy atom. The second-order valence-corrected chi connectivity index (χ2v) is 5.66. The van der Waals surface area contributed by atoms with Crippen molar-refractivity contribution >= 4 is 29.0 Å². The predicted octanol–water partition coefficient (Wildman–Crippen LogP) is 4.17. The van der Waals surface area contributed by atoms with Crippen molar-refractivity contribution in [1.82, 2.24) is 4.98 Å². The van der Waals surface area contributed by atoms with Crippen molar-refractivity contribution in [2.75, 3.05) is 10.2 Å². The molecule has 0 spiro atoms. The summed E-state index contributed by atoms with van der Waals surface area (Å²) in [6.45, 7) is 0. The standard InChI is InChI=1S/C21H19N3O2/c25-20(23-19-13-7-8-16-22-19)14-15-21(26)24(17-9-3-1-4-10-17)18-11-5-2-6-12-18/h1-13,16H,14-15H2,(H,22,23,25). The third kappa shape index (κ3) is 4.54. The number of nitrogens with zero attached hydrogens (tertiary/aromatic N) is 2. The second kappa shape index (κ2) is 8.58. The summed E-state index contributed by atoms with van der Waals surface area (Å²) in [5.74, 6) is 0.101. The summed E-state index contributed by atoms with van der Waals surface area (Å²) >= 11 is 0. The molecule has 0 atom stereocenters. The van der Waals surface area contributed by atoms with Gasteiger partial charge in [0.1, 0.15) is 5.82 Å². The minimum absolute atomic E-state index is 0.0889. The Labute approximate surface area is 152 Å². The normalized spacial score (nSPS) is 10.2. The van der Waals surface area contributed by atoms with Crippen molar-refractivity contribution < 1.29 is 9.59 Å². The Kier molecular flexibility index (Phi) is 5.72. The lowest BCUT2D eigenvalue weighted by molar-refractivity contribution is -0.122. The molecule has 130 valence electrons. The fourth-order valence-electron chi connectivity index (χ4n) is 2.57. The Balaban J connectivity index is 1.69. The summed E-state index contributed by atoms with van der Waals surface area (Å²) in [5, 5.41) is 2.69. The molecule has 0 bridgehead atoms. The van der Waals surface area contributed by atoms with E-state index in [-0.39, 0.29) is 24.7 Å². The third-order valence-corrected chi connectivity index (χ3v) is 3.78. The van der Waals surface area contributed by atoms with Crippen LogP contribution in [0.3, 0.4) is 0 Å². The van der Waals surface area contributed by atoms with E-state index in [9.17, 15) is 9.59 Å². The highest BCUT2D eigenvalue weighted by Crippen LogP contribution is 2.26. The van der Waals surface area contributed by atoms with Crippen molar-refractivity contribution in [2.45, 2.75) is 12.8 Å². The van der Waals surface area contributed by atoms with Gasteiger partial charge in [0.15, 0.2) is 0 Å². The molecular formula is C21H19N3O2. The van der Waals surface area contributed by atoms with Crippen molar-refractivity contribution in [2.24, 2.45) is 0 Å². The average molecular weight is 345 g/mol. The zero-order valence-electron chi connectivity index (χ0n) is 14.2. The summed E-state index contributed by atoms with van der Waals surface area (Å²) < 4.78 is 0. The van der Waals surface area contributed by atoms with Gasteiger partial charge in [-0.05, 0) is 36.4 Å². The lowest BCUT2D eigenvalue weighted by atomic mass is 10.2. The fraction of sp³-hybridized carbons (Fsp3) is 0.0952. The number of carbonyl (C=O) groups excluding carboxylic acids is 2. The van der Waals surface area contributed by atoms with Crippen LogP contribution < -0.4 is 10.2 Å². The molecule has 26 heavy (non-hydrogen) atoms. The Morgan fingerprint density at radius 2 is 1.35 bits per heavy atom. The first kappa shape index (κ1) is 17.4. The highest BCUT2D eigenvalue weighted by Gasteiger charge is 2.18. The molecule has 0 aliphatic carbocycles. The SMILES string of the molecule is O=C(CCC(=O)N(c1ccccc1)c1ccccc1)Nc1ccccn1. The van der Waals surface area contributed by atoms with Gasteiger partial charge in [0.25, 0.3) is 0 Å². The molecule has 0 aliphatic rings. The largest absolute Gasteiger partial charge is 0.311 e. The molecule has 0 aliphatic heterocycles. The minimum atomic E-state index is -0.238. The van der Waals surface area contributed by atoms with Gasteiger partial charge in [0, 0.05) is 30.4 Å². The molecule has 5 nitrogen and oxygen atoms in total. The van der Waals surface area contributed by atoms with E-state index >= 15 is 0 Å². The minimum Gasteiger partial charge on any atom is -0.311 e. The van der Waals surface area contributed by atoms with Crippen LogP contribution in [0.5, 0.6) is 0 Å². The van der Waals surface area contributed by atoms with Crippen LogP contribution in [0, 0.1) is 0 Å². The maximum atomic E-state index is 12.8. The van der Waals surface area contributed by atoms with Gasteiger partial charge >= 0.3 is 0 Å². The van der Waals surface area contributed by atoms with E-state index in [1.165, 1.54) is 0 Å². The number of carbonyl (C=O) groups is 2. The highest BCUT2D eigenvalue weighted by molar-refractivity contribution is 6.02. The Bertz CT molecular complexity index is 813. The maximum absolute atomic E-state index is 12.8. The van der Waals surface area contributed by atoms with Crippen LogP contribution in [0.2, 0.25) is 0 Å². The van der Waals surface area contributed by atoms with Gasteiger partial charge in [-0.3, -0.25) is 14.5 Å². The predicted molar refractivity (Wildman–Crippen MR) is 102 cm³/mol. The van der Waals surface area contributed by atoms with Gasteiger partial charge in [0.05, 0.1) is 0 Å². The molecule has 1 aromatic heterocycles. The number of hydrogen-bond acceptors (Lipinski definition) is 3. The third-order valence-electron chi connectivity index (χ3n) is 3.78. The van der Waals surface area contributed by atoms with Gasteiger partial charge in [0.2, 0.25) is 11.8 Å². The Morgan fingerprint density at radius 3 is 1.88 bits per heavy atom. The maximum Gasteiger partial charge on any atom is 0.232 e. The van der Waals surface area contributed by atoms with Crippen LogP contribution in [0.1, 0.15) is 12.8 Å². The quantitative estimate of drug-likeness (QED) is 0.729. The zero-order chi connectivity index (χ0) is 18.2. The topological polar surface area (TPSA) is 62.3 Å². The van der Waals surface area contributed by atoms with Crippen LogP contribution in [0.15, 0.2) is 85.1 Å². The van der Waals surface area contributed by atoms with Crippen molar-refractivity contribution in [3.05, 3.63) is 85.1 Å². The number of amides is 2. The molecule has 0 saturated carbocycles. The molecule has 2 amide bonds. The molecule has 0 unspecified atom stereocenters. The first-order valence-corrected chi connectivity index (χ1v) is 8.38. The molecule has 5 heteroatoms. The van der Waals surface area contributed by atoms with Crippen LogP contribution in [0.25, 0.3) is 0 Å². The summed E-state index contributed by atoms with van der Waals surface area (Å²) in [6, 6.07) is 24.1. The van der Waals surface area contributed by atoms with E-state index in [0.29, 0.717) is 5.82 Å². The molecule has 0 radical (unpaired) electrons. The molecule has 3 aromatic rings. The summed E-state index contributed by atoms with van der Waals surface area (Å²) in [5.41, 5.74) is 1.54. The smallest absolute Gasteiger partial charge is 0.232 e. The van der Waals surface area contributed by atoms with Crippen molar-refractivity contribution in [3.63, 3.8) is 0 Å². The number of hydrogen-bond donors (Lipinski definition) is 1. The number of para-hydroxylation sites is 2. The van der Waals surface area contributed by atoms with E-state index in [4.69, 9.17) is 0 Å². The number of pyridine rings is 1. The molecule has 0 saturated heterocycles. The lowest BCUT2D eigenvalue weighted by Gasteiger charge is -2.23. The number of anilines is 3. The molecule has 3 rings (SSSR count). The van der Waals surface area contributed by atoms with E-state index in [1.54, 1.807) is 29.3 Å². The van der Waals surface area contributed by atoms with E-state index in [2.05, 4.69) is 10.3 Å². The molecule has 0 fully saturated rings.